The molecule has 0 N–H and O–H groups in total. The van der Waals surface area contributed by atoms with Gasteiger partial charge >= 0.3 is 5.97 Å². The van der Waals surface area contributed by atoms with E-state index >= 15 is 0 Å². The van der Waals surface area contributed by atoms with Crippen molar-refractivity contribution in [3.05, 3.63) is 0 Å². The molecule has 102 valence electrons. The Balaban J connectivity index is 2.18. The molecule has 1 heterocycles. The summed E-state index contributed by atoms with van der Waals surface area (Å²) < 4.78 is 5.17. The summed E-state index contributed by atoms with van der Waals surface area (Å²) in [6.45, 7) is 6.50. The molecule has 0 radical (unpaired) electrons. The van der Waals surface area contributed by atoms with Gasteiger partial charge in [0.05, 0.1) is 17.5 Å². The molecule has 2 atom stereocenters. The van der Waals surface area contributed by atoms with E-state index < -0.39 is 5.60 Å². The number of nitrogens with zero attached hydrogens (tertiary/aromatic N) is 1. The van der Waals surface area contributed by atoms with Gasteiger partial charge in [0, 0.05) is 11.8 Å². The first-order valence-electron chi connectivity index (χ1n) is 6.41. The lowest BCUT2D eigenvalue weighted by molar-refractivity contribution is -0.171. The lowest BCUT2D eigenvalue weighted by atomic mass is 9.76. The lowest BCUT2D eigenvalue weighted by Gasteiger charge is -2.27. The van der Waals surface area contributed by atoms with Gasteiger partial charge in [0.1, 0.15) is 6.61 Å². The molecule has 1 fully saturated rings. The third-order valence-corrected chi connectivity index (χ3v) is 3.82. The topological polar surface area (TPSA) is 47.9 Å². The minimum atomic E-state index is -0.880. The van der Waals surface area contributed by atoms with Crippen LogP contribution in [0.3, 0.4) is 0 Å². The Kier molecular flexibility index (Phi) is 3.58. The summed E-state index contributed by atoms with van der Waals surface area (Å²) in [6, 6.07) is 0. The minimum Gasteiger partial charge on any atom is -0.461 e. The van der Waals surface area contributed by atoms with Crippen molar-refractivity contribution in [3.8, 4) is 0 Å². The molecular formula is C13H20ClNO3. The number of alkyl halides is 1. The second-order valence-electron chi connectivity index (χ2n) is 5.98. The van der Waals surface area contributed by atoms with E-state index in [0.717, 1.165) is 18.6 Å². The normalized spacial score (nSPS) is 30.7. The third kappa shape index (κ3) is 2.11. The summed E-state index contributed by atoms with van der Waals surface area (Å²) in [7, 11) is 0. The molecule has 0 aromatic heterocycles. The molecule has 0 bridgehead atoms. The fourth-order valence-corrected chi connectivity index (χ4v) is 2.91. The van der Waals surface area contributed by atoms with Crippen LogP contribution < -0.4 is 0 Å². The van der Waals surface area contributed by atoms with Crippen molar-refractivity contribution in [3.63, 3.8) is 0 Å². The molecule has 4 nitrogen and oxygen atoms in total. The van der Waals surface area contributed by atoms with Crippen LogP contribution in [0.4, 0.5) is 0 Å². The van der Waals surface area contributed by atoms with Crippen LogP contribution in [-0.4, -0.2) is 29.8 Å². The maximum absolute atomic E-state index is 12.2. The average molecular weight is 274 g/mol. The van der Waals surface area contributed by atoms with Crippen molar-refractivity contribution in [2.75, 3.05) is 12.5 Å². The van der Waals surface area contributed by atoms with Crippen LogP contribution in [0.5, 0.6) is 0 Å². The molecule has 2 unspecified atom stereocenters. The molecule has 0 saturated heterocycles. The molecular weight excluding hydrogens is 254 g/mol. The van der Waals surface area contributed by atoms with Gasteiger partial charge in [-0.15, -0.1) is 11.6 Å². The number of ether oxygens (including phenoxy) is 1. The summed E-state index contributed by atoms with van der Waals surface area (Å²) in [4.78, 5) is 17.7. The third-order valence-electron chi connectivity index (χ3n) is 3.67. The second-order valence-corrected chi connectivity index (χ2v) is 6.35. The Morgan fingerprint density at radius 1 is 1.61 bits per heavy atom. The average Bonchev–Trinajstić information content (AvgIpc) is 2.82. The van der Waals surface area contributed by atoms with Gasteiger partial charge in [0.2, 0.25) is 5.60 Å². The van der Waals surface area contributed by atoms with Crippen LogP contribution in [0.1, 0.15) is 40.0 Å². The van der Waals surface area contributed by atoms with E-state index in [2.05, 4.69) is 25.9 Å². The van der Waals surface area contributed by atoms with E-state index in [9.17, 15) is 4.79 Å². The van der Waals surface area contributed by atoms with Gasteiger partial charge in [0.15, 0.2) is 0 Å². The fraction of sp³-hybridized carbons (Fsp3) is 0.846. The van der Waals surface area contributed by atoms with E-state index in [-0.39, 0.29) is 23.9 Å². The zero-order valence-corrected chi connectivity index (χ0v) is 11.9. The summed E-state index contributed by atoms with van der Waals surface area (Å²) in [5.41, 5.74) is 0.0147. The Labute approximate surface area is 113 Å². The highest BCUT2D eigenvalue weighted by Crippen LogP contribution is 2.48. The van der Waals surface area contributed by atoms with Gasteiger partial charge in [-0.3, -0.25) is 0 Å². The number of esters is 1. The zero-order valence-electron chi connectivity index (χ0n) is 11.2. The molecule has 2 aliphatic rings. The van der Waals surface area contributed by atoms with E-state index in [0.29, 0.717) is 12.3 Å². The fourth-order valence-electron chi connectivity index (χ4n) is 2.83. The van der Waals surface area contributed by atoms with Gasteiger partial charge in [-0.05, 0) is 12.8 Å². The molecule has 1 aliphatic heterocycles. The standard InChI is InChI=1S/C13H20ClNO3/c1-12(2,3)10-9-5-4-6-13(9,18-15-10)11(16)17-8-7-14/h9H,4-8H2,1-3H3. The van der Waals surface area contributed by atoms with Crippen molar-refractivity contribution < 1.29 is 14.4 Å². The zero-order chi connectivity index (χ0) is 13.4. The number of halogens is 1. The summed E-state index contributed by atoms with van der Waals surface area (Å²) in [6.07, 6.45) is 2.59. The Morgan fingerprint density at radius 3 is 2.94 bits per heavy atom. The number of oxime groups is 1. The van der Waals surface area contributed by atoms with E-state index in [1.54, 1.807) is 0 Å². The molecule has 1 saturated carbocycles. The Bertz CT molecular complexity index is 375. The Hall–Kier alpha value is -0.770. The van der Waals surface area contributed by atoms with Gasteiger partial charge < -0.3 is 9.57 Å². The number of hydrogen-bond donors (Lipinski definition) is 0. The van der Waals surface area contributed by atoms with Gasteiger partial charge in [-0.25, -0.2) is 4.79 Å². The van der Waals surface area contributed by atoms with Crippen LogP contribution in [0, 0.1) is 11.3 Å². The van der Waals surface area contributed by atoms with Crippen LogP contribution >= 0.6 is 11.6 Å². The quantitative estimate of drug-likeness (QED) is 0.587. The molecule has 0 amide bonds. The van der Waals surface area contributed by atoms with Crippen molar-refractivity contribution in [1.82, 2.24) is 0 Å². The van der Waals surface area contributed by atoms with Crippen LogP contribution in [0.25, 0.3) is 0 Å². The molecule has 0 aromatic rings. The van der Waals surface area contributed by atoms with Crippen molar-refractivity contribution in [2.45, 2.75) is 45.6 Å². The Morgan fingerprint density at radius 2 is 2.33 bits per heavy atom. The maximum Gasteiger partial charge on any atom is 0.354 e. The van der Waals surface area contributed by atoms with Crippen LogP contribution in [0.2, 0.25) is 0 Å². The van der Waals surface area contributed by atoms with Crippen molar-refractivity contribution in [2.24, 2.45) is 16.5 Å². The molecule has 5 heteroatoms. The highest BCUT2D eigenvalue weighted by atomic mass is 35.5. The lowest BCUT2D eigenvalue weighted by Crippen LogP contribution is -2.46. The largest absolute Gasteiger partial charge is 0.461 e. The van der Waals surface area contributed by atoms with Gasteiger partial charge in [-0.2, -0.15) is 0 Å². The summed E-state index contributed by atoms with van der Waals surface area (Å²) in [5, 5.41) is 4.18. The van der Waals surface area contributed by atoms with E-state index in [1.807, 2.05) is 0 Å². The highest BCUT2D eigenvalue weighted by Gasteiger charge is 2.60. The SMILES string of the molecule is CC(C)(C)C1=NOC2(C(=O)OCCCl)CCCC12. The summed E-state index contributed by atoms with van der Waals surface area (Å²) in [5.74, 6) is 0.0495. The number of fused-ring (bicyclic) bond motifs is 1. The van der Waals surface area contributed by atoms with Crippen molar-refractivity contribution >= 4 is 23.3 Å². The van der Waals surface area contributed by atoms with E-state index in [1.165, 1.54) is 0 Å². The van der Waals surface area contributed by atoms with Gasteiger partial charge in [-0.1, -0.05) is 25.9 Å². The predicted molar refractivity (Wildman–Crippen MR) is 69.7 cm³/mol. The first-order chi connectivity index (χ1) is 8.42. The summed E-state index contributed by atoms with van der Waals surface area (Å²) >= 11 is 5.55. The second kappa shape index (κ2) is 4.72. The number of rotatable bonds is 3. The minimum absolute atomic E-state index is 0.0559. The smallest absolute Gasteiger partial charge is 0.354 e. The molecule has 2 rings (SSSR count). The highest BCUT2D eigenvalue weighted by molar-refractivity contribution is 6.18. The van der Waals surface area contributed by atoms with Crippen LogP contribution in [0.15, 0.2) is 5.16 Å². The molecule has 0 spiro atoms. The first kappa shape index (κ1) is 13.7. The molecule has 0 aromatic carbocycles. The van der Waals surface area contributed by atoms with E-state index in [4.69, 9.17) is 21.2 Å². The van der Waals surface area contributed by atoms with Crippen molar-refractivity contribution in [1.29, 1.82) is 0 Å². The monoisotopic (exact) mass is 273 g/mol. The van der Waals surface area contributed by atoms with Crippen LogP contribution in [-0.2, 0) is 14.4 Å². The molecule has 1 aliphatic carbocycles. The number of hydrogen-bond acceptors (Lipinski definition) is 4. The first-order valence-corrected chi connectivity index (χ1v) is 6.95. The number of carbonyl (C=O) groups is 1. The maximum atomic E-state index is 12.2. The predicted octanol–water partition coefficient (Wildman–Crippen LogP) is 2.74. The van der Waals surface area contributed by atoms with Gasteiger partial charge in [0.25, 0.3) is 0 Å². The molecule has 18 heavy (non-hydrogen) atoms. The number of carbonyl (C=O) groups excluding carboxylic acids is 1.